The molecule has 0 fully saturated rings. The van der Waals surface area contributed by atoms with Crippen molar-refractivity contribution in [2.24, 2.45) is 0 Å². The van der Waals surface area contributed by atoms with Crippen molar-refractivity contribution in [1.29, 1.82) is 0 Å². The summed E-state index contributed by atoms with van der Waals surface area (Å²) < 4.78 is 36.6. The number of nitrogens with zero attached hydrogens (tertiary/aromatic N) is 2. The lowest BCUT2D eigenvalue weighted by molar-refractivity contribution is -0.139. The van der Waals surface area contributed by atoms with Gasteiger partial charge in [-0.1, -0.05) is 30.7 Å². The molecule has 0 aromatic heterocycles. The Kier molecular flexibility index (Phi) is 10.2. The van der Waals surface area contributed by atoms with Crippen LogP contribution in [0.4, 0.5) is 5.69 Å². The molecule has 0 radical (unpaired) electrons. The van der Waals surface area contributed by atoms with Gasteiger partial charge in [-0.25, -0.2) is 8.42 Å². The highest BCUT2D eigenvalue weighted by molar-refractivity contribution is 7.92. The first-order valence-corrected chi connectivity index (χ1v) is 13.3. The molecule has 1 N–H and O–H groups in total. The number of carbonyl (C=O) groups excluding carboxylic acids is 2. The van der Waals surface area contributed by atoms with Crippen LogP contribution in [-0.4, -0.2) is 64.7 Å². The first kappa shape index (κ1) is 28.3. The van der Waals surface area contributed by atoms with Crippen LogP contribution in [0.15, 0.2) is 42.5 Å². The Morgan fingerprint density at radius 3 is 2.40 bits per heavy atom. The Morgan fingerprint density at radius 1 is 1.11 bits per heavy atom. The number of benzene rings is 2. The van der Waals surface area contributed by atoms with Gasteiger partial charge in [-0.2, -0.15) is 0 Å². The van der Waals surface area contributed by atoms with Gasteiger partial charge < -0.3 is 19.7 Å². The Labute approximate surface area is 212 Å². The molecule has 0 heterocycles. The third kappa shape index (κ3) is 7.76. The molecule has 0 aliphatic carbocycles. The maximum absolute atomic E-state index is 13.5. The number of hydrogen-bond acceptors (Lipinski definition) is 6. The zero-order chi connectivity index (χ0) is 26.2. The number of amides is 2. The minimum atomic E-state index is -3.86. The number of hydrogen-bond donors (Lipinski definition) is 1. The van der Waals surface area contributed by atoms with Crippen LogP contribution in [-0.2, 0) is 26.2 Å². The first-order chi connectivity index (χ1) is 16.5. The van der Waals surface area contributed by atoms with E-state index >= 15 is 0 Å². The maximum atomic E-state index is 13.5. The number of methoxy groups -OCH3 is 2. The van der Waals surface area contributed by atoms with Crippen LogP contribution in [0.2, 0.25) is 5.02 Å². The molecule has 35 heavy (non-hydrogen) atoms. The van der Waals surface area contributed by atoms with Crippen LogP contribution in [0.1, 0.15) is 25.8 Å². The SMILES string of the molecule is CCCNC(=O)[C@H](C)N(Cc1cccc(OC)c1)C(=O)CN(c1ccc(OC)c(Cl)c1)S(C)(=O)=O. The van der Waals surface area contributed by atoms with Gasteiger partial charge in [0.05, 0.1) is 31.2 Å². The van der Waals surface area contributed by atoms with Crippen LogP contribution < -0.4 is 19.1 Å². The largest absolute Gasteiger partial charge is 0.497 e. The predicted octanol–water partition coefficient (Wildman–Crippen LogP) is 3.07. The number of anilines is 1. The molecule has 9 nitrogen and oxygen atoms in total. The van der Waals surface area contributed by atoms with E-state index < -0.39 is 28.5 Å². The molecule has 0 aliphatic heterocycles. The molecule has 2 aromatic carbocycles. The van der Waals surface area contributed by atoms with Crippen molar-refractivity contribution in [3.8, 4) is 11.5 Å². The van der Waals surface area contributed by atoms with Crippen molar-refractivity contribution in [2.45, 2.75) is 32.9 Å². The lowest BCUT2D eigenvalue weighted by atomic mass is 10.1. The number of rotatable bonds is 12. The van der Waals surface area contributed by atoms with E-state index in [0.717, 1.165) is 22.5 Å². The molecule has 2 rings (SSSR count). The summed E-state index contributed by atoms with van der Waals surface area (Å²) in [6.45, 7) is 3.56. The molecular formula is C24H32ClN3O6S. The van der Waals surface area contributed by atoms with Crippen LogP contribution in [0.25, 0.3) is 0 Å². The van der Waals surface area contributed by atoms with Crippen molar-refractivity contribution in [3.63, 3.8) is 0 Å². The summed E-state index contributed by atoms with van der Waals surface area (Å²) in [6.07, 6.45) is 1.74. The highest BCUT2D eigenvalue weighted by atomic mass is 35.5. The zero-order valence-corrected chi connectivity index (χ0v) is 22.1. The number of nitrogens with one attached hydrogen (secondary N) is 1. The van der Waals surface area contributed by atoms with E-state index in [1.807, 2.05) is 6.92 Å². The molecule has 2 aromatic rings. The minimum Gasteiger partial charge on any atom is -0.497 e. The topological polar surface area (TPSA) is 105 Å². The fraction of sp³-hybridized carbons (Fsp3) is 0.417. The van der Waals surface area contributed by atoms with Crippen LogP contribution >= 0.6 is 11.6 Å². The molecule has 0 aliphatic rings. The van der Waals surface area contributed by atoms with Crippen LogP contribution in [0, 0.1) is 0 Å². The molecule has 0 bridgehead atoms. The van der Waals surface area contributed by atoms with Crippen LogP contribution in [0.5, 0.6) is 11.5 Å². The summed E-state index contributed by atoms with van der Waals surface area (Å²) in [5, 5.41) is 2.99. The number of carbonyl (C=O) groups is 2. The van der Waals surface area contributed by atoms with Gasteiger partial charge in [-0.05, 0) is 49.2 Å². The first-order valence-electron chi connectivity index (χ1n) is 11.0. The third-order valence-corrected chi connectivity index (χ3v) is 6.74. The van der Waals surface area contributed by atoms with Gasteiger partial charge in [0.1, 0.15) is 24.1 Å². The smallest absolute Gasteiger partial charge is 0.244 e. The summed E-state index contributed by atoms with van der Waals surface area (Å²) >= 11 is 6.19. The molecule has 0 saturated heterocycles. The maximum Gasteiger partial charge on any atom is 0.244 e. The normalized spacial score (nSPS) is 11.9. The van der Waals surface area contributed by atoms with Crippen molar-refractivity contribution in [3.05, 3.63) is 53.1 Å². The fourth-order valence-corrected chi connectivity index (χ4v) is 4.46. The predicted molar refractivity (Wildman–Crippen MR) is 137 cm³/mol. The summed E-state index contributed by atoms with van der Waals surface area (Å²) in [4.78, 5) is 27.6. The zero-order valence-electron chi connectivity index (χ0n) is 20.6. The van der Waals surface area contributed by atoms with Crippen molar-refractivity contribution in [2.75, 3.05) is 37.9 Å². The van der Waals surface area contributed by atoms with Crippen LogP contribution in [0.3, 0.4) is 0 Å². The average Bonchev–Trinajstić information content (AvgIpc) is 2.83. The highest BCUT2D eigenvalue weighted by Crippen LogP contribution is 2.30. The van der Waals surface area contributed by atoms with Gasteiger partial charge >= 0.3 is 0 Å². The quantitative estimate of drug-likeness (QED) is 0.456. The molecule has 11 heteroatoms. The molecule has 2 amide bonds. The number of ether oxygens (including phenoxy) is 2. The fourth-order valence-electron chi connectivity index (χ4n) is 3.37. The molecular weight excluding hydrogens is 494 g/mol. The Balaban J connectivity index is 2.41. The van der Waals surface area contributed by atoms with E-state index in [1.165, 1.54) is 37.3 Å². The van der Waals surface area contributed by atoms with Gasteiger partial charge in [0.2, 0.25) is 21.8 Å². The van der Waals surface area contributed by atoms with E-state index in [0.29, 0.717) is 18.0 Å². The summed E-state index contributed by atoms with van der Waals surface area (Å²) in [6, 6.07) is 10.7. The second-order valence-electron chi connectivity index (χ2n) is 7.93. The third-order valence-electron chi connectivity index (χ3n) is 5.31. The number of halogens is 1. The Bertz CT molecular complexity index is 1140. The molecule has 0 unspecified atom stereocenters. The summed E-state index contributed by atoms with van der Waals surface area (Å²) in [5.41, 5.74) is 0.933. The molecule has 0 spiro atoms. The van der Waals surface area contributed by atoms with Gasteiger partial charge in [-0.15, -0.1) is 0 Å². The van der Waals surface area contributed by atoms with E-state index in [9.17, 15) is 18.0 Å². The highest BCUT2D eigenvalue weighted by Gasteiger charge is 2.30. The van der Waals surface area contributed by atoms with E-state index in [-0.39, 0.29) is 23.2 Å². The Hall–Kier alpha value is -2.98. The summed E-state index contributed by atoms with van der Waals surface area (Å²) in [7, 11) is -0.882. The molecule has 0 saturated carbocycles. The van der Waals surface area contributed by atoms with E-state index in [1.54, 1.807) is 31.2 Å². The van der Waals surface area contributed by atoms with Gasteiger partial charge in [0, 0.05) is 13.1 Å². The van der Waals surface area contributed by atoms with E-state index in [2.05, 4.69) is 5.32 Å². The average molecular weight is 526 g/mol. The van der Waals surface area contributed by atoms with Gasteiger partial charge in [0.15, 0.2) is 0 Å². The Morgan fingerprint density at radius 2 is 1.83 bits per heavy atom. The second-order valence-corrected chi connectivity index (χ2v) is 10.2. The van der Waals surface area contributed by atoms with E-state index in [4.69, 9.17) is 21.1 Å². The van der Waals surface area contributed by atoms with Gasteiger partial charge in [0.25, 0.3) is 0 Å². The lowest BCUT2D eigenvalue weighted by Crippen LogP contribution is -2.51. The second kappa shape index (κ2) is 12.6. The number of sulfonamides is 1. The molecule has 1 atom stereocenters. The van der Waals surface area contributed by atoms with Crippen molar-refractivity contribution in [1.82, 2.24) is 10.2 Å². The standard InChI is InChI=1S/C24H32ClN3O6S/c1-6-12-26-24(30)17(2)27(15-18-8-7-9-20(13-18)33-3)23(29)16-28(35(5,31)32)19-10-11-22(34-4)21(25)14-19/h7-11,13-14,17H,6,12,15-16H2,1-5H3,(H,26,30)/t17-/m0/s1. The molecule has 192 valence electrons. The monoisotopic (exact) mass is 525 g/mol. The summed E-state index contributed by atoms with van der Waals surface area (Å²) in [5.74, 6) is 0.0884. The lowest BCUT2D eigenvalue weighted by Gasteiger charge is -2.31. The van der Waals surface area contributed by atoms with Crippen molar-refractivity contribution >= 4 is 39.1 Å². The minimum absolute atomic E-state index is 0.0811. The van der Waals surface area contributed by atoms with Crippen molar-refractivity contribution < 1.29 is 27.5 Å². The van der Waals surface area contributed by atoms with Gasteiger partial charge in [-0.3, -0.25) is 13.9 Å².